The van der Waals surface area contributed by atoms with Gasteiger partial charge in [-0.15, -0.1) is 0 Å². The van der Waals surface area contributed by atoms with Gasteiger partial charge < -0.3 is 5.32 Å². The van der Waals surface area contributed by atoms with Gasteiger partial charge in [0, 0.05) is 0 Å². The summed E-state index contributed by atoms with van der Waals surface area (Å²) in [5.74, 6) is -0.216. The Balaban J connectivity index is 2.47. The zero-order valence-corrected chi connectivity index (χ0v) is 9.57. The highest BCUT2D eigenvalue weighted by Gasteiger charge is 2.45. The lowest BCUT2D eigenvalue weighted by Gasteiger charge is -2.17. The van der Waals surface area contributed by atoms with Crippen molar-refractivity contribution in [1.82, 2.24) is 5.32 Å². The average molecular weight is 218 g/mol. The van der Waals surface area contributed by atoms with Crippen LogP contribution >= 0.6 is 0 Å². The number of anilines is 1. The molecule has 0 saturated carbocycles. The third-order valence-electron chi connectivity index (χ3n) is 2.72. The highest BCUT2D eigenvalue weighted by molar-refractivity contribution is 6.23. The summed E-state index contributed by atoms with van der Waals surface area (Å²) < 4.78 is 0. The molecule has 1 aliphatic rings. The molecular formula is C12H14N2O2. The van der Waals surface area contributed by atoms with Crippen LogP contribution in [0.15, 0.2) is 24.3 Å². The van der Waals surface area contributed by atoms with E-state index in [1.165, 1.54) is 4.90 Å². The third-order valence-corrected chi connectivity index (χ3v) is 2.72. The largest absolute Gasteiger partial charge is 0.329 e. The van der Waals surface area contributed by atoms with E-state index in [0.717, 1.165) is 5.56 Å². The van der Waals surface area contributed by atoms with Crippen molar-refractivity contribution in [2.24, 2.45) is 0 Å². The maximum atomic E-state index is 12.0. The van der Waals surface area contributed by atoms with E-state index < -0.39 is 5.54 Å². The molecule has 16 heavy (non-hydrogen) atoms. The number of urea groups is 1. The first-order valence-electron chi connectivity index (χ1n) is 5.16. The van der Waals surface area contributed by atoms with Crippen molar-refractivity contribution in [3.8, 4) is 0 Å². The molecule has 0 spiro atoms. The van der Waals surface area contributed by atoms with Gasteiger partial charge in [-0.3, -0.25) is 4.79 Å². The fraction of sp³-hybridized carbons (Fsp3) is 0.333. The second kappa shape index (κ2) is 3.33. The minimum atomic E-state index is -0.820. The van der Waals surface area contributed by atoms with Gasteiger partial charge in [-0.25, -0.2) is 9.69 Å². The number of carbonyl (C=O) groups is 2. The summed E-state index contributed by atoms with van der Waals surface area (Å²) in [4.78, 5) is 25.0. The number of nitrogens with zero attached hydrogens (tertiary/aromatic N) is 1. The Morgan fingerprint density at radius 2 is 1.81 bits per heavy atom. The number of aryl methyl sites for hydroxylation is 1. The molecule has 0 atom stereocenters. The van der Waals surface area contributed by atoms with Gasteiger partial charge in [-0.05, 0) is 32.4 Å². The minimum Gasteiger partial charge on any atom is -0.323 e. The van der Waals surface area contributed by atoms with Gasteiger partial charge in [-0.2, -0.15) is 0 Å². The van der Waals surface area contributed by atoms with Crippen molar-refractivity contribution >= 4 is 17.6 Å². The molecule has 1 N–H and O–H groups in total. The van der Waals surface area contributed by atoms with E-state index in [1.54, 1.807) is 19.9 Å². The monoisotopic (exact) mass is 218 g/mol. The van der Waals surface area contributed by atoms with Crippen LogP contribution in [0.1, 0.15) is 19.4 Å². The van der Waals surface area contributed by atoms with E-state index in [1.807, 2.05) is 25.1 Å². The quantitative estimate of drug-likeness (QED) is 0.731. The lowest BCUT2D eigenvalue weighted by molar-refractivity contribution is -0.121. The first kappa shape index (κ1) is 10.7. The standard InChI is InChI=1S/C12H14N2O2/c1-8-6-4-5-7-9(8)14-10(15)12(2,3)13-11(14)16/h4-7H,1-3H3,(H,13,16). The smallest absolute Gasteiger partial charge is 0.323 e. The van der Waals surface area contributed by atoms with Crippen LogP contribution in [0.5, 0.6) is 0 Å². The molecule has 1 aliphatic heterocycles. The molecule has 4 nitrogen and oxygen atoms in total. The van der Waals surface area contributed by atoms with Gasteiger partial charge in [0.05, 0.1) is 5.69 Å². The molecular weight excluding hydrogens is 204 g/mol. The second-order valence-corrected chi connectivity index (χ2v) is 4.48. The maximum absolute atomic E-state index is 12.0. The second-order valence-electron chi connectivity index (χ2n) is 4.48. The SMILES string of the molecule is Cc1ccccc1N1C(=O)NC(C)(C)C1=O. The first-order valence-corrected chi connectivity index (χ1v) is 5.16. The first-order chi connectivity index (χ1) is 7.43. The van der Waals surface area contributed by atoms with Crippen LogP contribution in [0.25, 0.3) is 0 Å². The summed E-state index contributed by atoms with van der Waals surface area (Å²) in [6.07, 6.45) is 0. The predicted molar refractivity (Wildman–Crippen MR) is 61.3 cm³/mol. The van der Waals surface area contributed by atoms with Crippen molar-refractivity contribution in [1.29, 1.82) is 0 Å². The number of nitrogens with one attached hydrogen (secondary N) is 1. The number of imide groups is 1. The zero-order chi connectivity index (χ0) is 11.9. The van der Waals surface area contributed by atoms with Crippen molar-refractivity contribution in [2.75, 3.05) is 4.90 Å². The van der Waals surface area contributed by atoms with Gasteiger partial charge in [0.2, 0.25) is 0 Å². The lowest BCUT2D eigenvalue weighted by atomic mass is 10.1. The number of amides is 3. The Labute approximate surface area is 94.2 Å². The zero-order valence-electron chi connectivity index (χ0n) is 9.57. The van der Waals surface area contributed by atoms with Crippen molar-refractivity contribution in [3.05, 3.63) is 29.8 Å². The molecule has 1 aromatic carbocycles. The van der Waals surface area contributed by atoms with E-state index in [-0.39, 0.29) is 11.9 Å². The van der Waals surface area contributed by atoms with Crippen LogP contribution in [0.2, 0.25) is 0 Å². The molecule has 2 rings (SSSR count). The van der Waals surface area contributed by atoms with E-state index in [9.17, 15) is 9.59 Å². The van der Waals surface area contributed by atoms with Crippen LogP contribution < -0.4 is 10.2 Å². The van der Waals surface area contributed by atoms with Crippen LogP contribution in [0.3, 0.4) is 0 Å². The molecule has 1 aromatic rings. The summed E-state index contributed by atoms with van der Waals surface area (Å²) in [5.41, 5.74) is 0.735. The highest BCUT2D eigenvalue weighted by Crippen LogP contribution is 2.26. The molecule has 1 saturated heterocycles. The fourth-order valence-electron chi connectivity index (χ4n) is 1.78. The fourth-order valence-corrected chi connectivity index (χ4v) is 1.78. The number of hydrogen-bond acceptors (Lipinski definition) is 2. The molecule has 0 aromatic heterocycles. The Kier molecular flexibility index (Phi) is 2.22. The molecule has 1 heterocycles. The molecule has 0 radical (unpaired) electrons. The van der Waals surface area contributed by atoms with E-state index in [2.05, 4.69) is 5.32 Å². The summed E-state index contributed by atoms with van der Waals surface area (Å²) in [6.45, 7) is 5.28. The Morgan fingerprint density at radius 1 is 1.19 bits per heavy atom. The molecule has 4 heteroatoms. The number of para-hydroxylation sites is 1. The highest BCUT2D eigenvalue weighted by atomic mass is 16.2. The number of benzene rings is 1. The van der Waals surface area contributed by atoms with Crippen molar-refractivity contribution in [2.45, 2.75) is 26.3 Å². The van der Waals surface area contributed by atoms with Crippen LogP contribution in [0.4, 0.5) is 10.5 Å². The summed E-state index contributed by atoms with van der Waals surface area (Å²) in [6, 6.07) is 6.98. The summed E-state index contributed by atoms with van der Waals surface area (Å²) in [7, 11) is 0. The predicted octanol–water partition coefficient (Wildman–Crippen LogP) is 1.83. The van der Waals surface area contributed by atoms with E-state index in [0.29, 0.717) is 5.69 Å². The molecule has 84 valence electrons. The van der Waals surface area contributed by atoms with Crippen LogP contribution in [0, 0.1) is 6.92 Å². The summed E-state index contributed by atoms with van der Waals surface area (Å²) >= 11 is 0. The van der Waals surface area contributed by atoms with E-state index in [4.69, 9.17) is 0 Å². The minimum absolute atomic E-state index is 0.216. The molecule has 3 amide bonds. The van der Waals surface area contributed by atoms with Gasteiger partial charge in [0.15, 0.2) is 0 Å². The van der Waals surface area contributed by atoms with Gasteiger partial charge >= 0.3 is 6.03 Å². The van der Waals surface area contributed by atoms with Crippen molar-refractivity contribution in [3.63, 3.8) is 0 Å². The Bertz CT molecular complexity index is 466. The number of rotatable bonds is 1. The van der Waals surface area contributed by atoms with E-state index >= 15 is 0 Å². The van der Waals surface area contributed by atoms with Crippen LogP contribution in [-0.2, 0) is 4.79 Å². The van der Waals surface area contributed by atoms with Crippen LogP contribution in [-0.4, -0.2) is 17.5 Å². The third kappa shape index (κ3) is 1.46. The number of hydrogen-bond donors (Lipinski definition) is 1. The van der Waals surface area contributed by atoms with Crippen molar-refractivity contribution < 1.29 is 9.59 Å². The molecule has 0 unspecified atom stereocenters. The number of carbonyl (C=O) groups excluding carboxylic acids is 2. The van der Waals surface area contributed by atoms with Gasteiger partial charge in [0.25, 0.3) is 5.91 Å². The average Bonchev–Trinajstić information content (AvgIpc) is 2.39. The van der Waals surface area contributed by atoms with Gasteiger partial charge in [0.1, 0.15) is 5.54 Å². The molecule has 0 aliphatic carbocycles. The maximum Gasteiger partial charge on any atom is 0.329 e. The summed E-state index contributed by atoms with van der Waals surface area (Å²) in [5, 5.41) is 2.66. The lowest BCUT2D eigenvalue weighted by Crippen LogP contribution is -2.40. The Hall–Kier alpha value is -1.84. The van der Waals surface area contributed by atoms with Gasteiger partial charge in [-0.1, -0.05) is 18.2 Å². The Morgan fingerprint density at radius 3 is 2.31 bits per heavy atom. The normalized spacial score (nSPS) is 18.8. The molecule has 0 bridgehead atoms. The molecule has 1 fully saturated rings. The topological polar surface area (TPSA) is 49.4 Å².